The maximum absolute atomic E-state index is 12.6. The number of amides is 1. The highest BCUT2D eigenvalue weighted by Crippen LogP contribution is 2.20. The van der Waals surface area contributed by atoms with Crippen molar-refractivity contribution in [1.29, 1.82) is 0 Å². The fourth-order valence-corrected chi connectivity index (χ4v) is 4.55. The lowest BCUT2D eigenvalue weighted by molar-refractivity contribution is 0.0726. The van der Waals surface area contributed by atoms with Gasteiger partial charge in [-0.2, -0.15) is 0 Å². The largest absolute Gasteiger partial charge is 0.445 e. The first-order chi connectivity index (χ1) is 12.3. The summed E-state index contributed by atoms with van der Waals surface area (Å²) in [7, 11) is -3.60. The van der Waals surface area contributed by atoms with Gasteiger partial charge in [0.25, 0.3) is 5.91 Å². The Bertz CT molecular complexity index is 897. The molecule has 7 nitrogen and oxygen atoms in total. The standard InChI is InChI=1S/C17H20ClN3O4S/c1-12-9-19-16(25-12)10-20-26(23,24)15-6-3-7-21(11-15)17(22)13-4-2-5-14(18)8-13/h2,4-5,8-9,15,20H,3,6-7,10-11H2,1H3. The number of sulfonamides is 1. The van der Waals surface area contributed by atoms with Crippen LogP contribution in [0.1, 0.15) is 34.9 Å². The maximum atomic E-state index is 12.6. The van der Waals surface area contributed by atoms with Gasteiger partial charge in [0.05, 0.1) is 18.0 Å². The summed E-state index contributed by atoms with van der Waals surface area (Å²) in [4.78, 5) is 18.2. The Morgan fingerprint density at radius 2 is 2.27 bits per heavy atom. The number of hydrogen-bond donors (Lipinski definition) is 1. The first kappa shape index (κ1) is 18.9. The van der Waals surface area contributed by atoms with Crippen LogP contribution < -0.4 is 4.72 Å². The summed E-state index contributed by atoms with van der Waals surface area (Å²) in [5.74, 6) is 0.722. The van der Waals surface area contributed by atoms with Crippen LogP contribution in [0.2, 0.25) is 5.02 Å². The van der Waals surface area contributed by atoms with Gasteiger partial charge < -0.3 is 9.32 Å². The van der Waals surface area contributed by atoms with E-state index in [0.29, 0.717) is 41.6 Å². The zero-order valence-corrected chi connectivity index (χ0v) is 15.9. The number of oxazole rings is 1. The zero-order chi connectivity index (χ0) is 18.7. The smallest absolute Gasteiger partial charge is 0.253 e. The Labute approximate surface area is 157 Å². The molecule has 3 rings (SSSR count). The van der Waals surface area contributed by atoms with Gasteiger partial charge in [0.2, 0.25) is 15.9 Å². The topological polar surface area (TPSA) is 92.5 Å². The highest BCUT2D eigenvalue weighted by Gasteiger charge is 2.33. The van der Waals surface area contributed by atoms with E-state index in [1.807, 2.05) is 0 Å². The molecule has 1 unspecified atom stereocenters. The van der Waals surface area contributed by atoms with E-state index in [2.05, 4.69) is 9.71 Å². The molecular formula is C17H20ClN3O4S. The Balaban J connectivity index is 1.66. The molecule has 1 aromatic heterocycles. The van der Waals surface area contributed by atoms with E-state index in [0.717, 1.165) is 0 Å². The number of hydrogen-bond acceptors (Lipinski definition) is 5. The summed E-state index contributed by atoms with van der Waals surface area (Å²) in [6.45, 7) is 2.40. The molecule has 2 heterocycles. The van der Waals surface area contributed by atoms with Crippen molar-refractivity contribution in [3.05, 3.63) is 52.7 Å². The number of aromatic nitrogens is 1. The van der Waals surface area contributed by atoms with Crippen LogP contribution >= 0.6 is 11.6 Å². The molecule has 1 atom stereocenters. The number of piperidine rings is 1. The minimum Gasteiger partial charge on any atom is -0.445 e. The molecule has 9 heteroatoms. The molecule has 26 heavy (non-hydrogen) atoms. The fraction of sp³-hybridized carbons (Fsp3) is 0.412. The number of halogens is 1. The van der Waals surface area contributed by atoms with Crippen molar-refractivity contribution in [2.75, 3.05) is 13.1 Å². The Morgan fingerprint density at radius 3 is 2.96 bits per heavy atom. The third-order valence-electron chi connectivity index (χ3n) is 4.27. The average Bonchev–Trinajstić information content (AvgIpc) is 3.05. The second-order valence-electron chi connectivity index (χ2n) is 6.26. The van der Waals surface area contributed by atoms with Crippen LogP contribution in [-0.4, -0.2) is 42.5 Å². The molecule has 2 aromatic rings. The number of nitrogens with one attached hydrogen (secondary N) is 1. The first-order valence-corrected chi connectivity index (χ1v) is 10.2. The van der Waals surface area contributed by atoms with Gasteiger partial charge >= 0.3 is 0 Å². The van der Waals surface area contributed by atoms with Crippen molar-refractivity contribution in [2.45, 2.75) is 31.6 Å². The van der Waals surface area contributed by atoms with E-state index in [-0.39, 0.29) is 19.0 Å². The molecule has 0 radical (unpaired) electrons. The van der Waals surface area contributed by atoms with Crippen molar-refractivity contribution < 1.29 is 17.6 Å². The monoisotopic (exact) mass is 397 g/mol. The molecule has 0 bridgehead atoms. The minimum atomic E-state index is -3.60. The lowest BCUT2D eigenvalue weighted by atomic mass is 10.1. The third-order valence-corrected chi connectivity index (χ3v) is 6.31. The van der Waals surface area contributed by atoms with Crippen LogP contribution in [0.4, 0.5) is 0 Å². The second-order valence-corrected chi connectivity index (χ2v) is 8.74. The van der Waals surface area contributed by atoms with E-state index in [9.17, 15) is 13.2 Å². The molecule has 140 valence electrons. The number of rotatable bonds is 5. The van der Waals surface area contributed by atoms with Crippen LogP contribution in [0.5, 0.6) is 0 Å². The number of nitrogens with zero attached hydrogens (tertiary/aromatic N) is 2. The quantitative estimate of drug-likeness (QED) is 0.836. The average molecular weight is 398 g/mol. The number of benzene rings is 1. The number of carbonyl (C=O) groups is 1. The van der Waals surface area contributed by atoms with Crippen LogP contribution in [0, 0.1) is 6.92 Å². The molecule has 0 aliphatic carbocycles. The summed E-state index contributed by atoms with van der Waals surface area (Å²) >= 11 is 5.94. The Morgan fingerprint density at radius 1 is 1.46 bits per heavy atom. The van der Waals surface area contributed by atoms with Crippen molar-refractivity contribution in [2.24, 2.45) is 0 Å². The van der Waals surface area contributed by atoms with E-state index in [1.165, 1.54) is 6.20 Å². The lowest BCUT2D eigenvalue weighted by Gasteiger charge is -2.32. The second kappa shape index (κ2) is 7.77. The van der Waals surface area contributed by atoms with Crippen molar-refractivity contribution >= 4 is 27.5 Å². The molecule has 1 fully saturated rings. The molecule has 0 spiro atoms. The minimum absolute atomic E-state index is 0.00505. The summed E-state index contributed by atoms with van der Waals surface area (Å²) in [5, 5.41) is -0.199. The van der Waals surface area contributed by atoms with Crippen LogP contribution in [-0.2, 0) is 16.6 Å². The lowest BCUT2D eigenvalue weighted by Crippen LogP contribution is -2.48. The van der Waals surface area contributed by atoms with Gasteiger partial charge in [-0.1, -0.05) is 17.7 Å². The normalized spacial score (nSPS) is 18.1. The van der Waals surface area contributed by atoms with Gasteiger partial charge in [-0.05, 0) is 38.0 Å². The van der Waals surface area contributed by atoms with Crippen LogP contribution in [0.3, 0.4) is 0 Å². The zero-order valence-electron chi connectivity index (χ0n) is 14.3. The Hall–Kier alpha value is -1.90. The van der Waals surface area contributed by atoms with Crippen LogP contribution in [0.25, 0.3) is 0 Å². The highest BCUT2D eigenvalue weighted by molar-refractivity contribution is 7.90. The third kappa shape index (κ3) is 4.44. The molecule has 1 aliphatic rings. The van der Waals surface area contributed by atoms with Gasteiger partial charge in [-0.15, -0.1) is 0 Å². The SMILES string of the molecule is Cc1cnc(CNS(=O)(=O)C2CCCN(C(=O)c3cccc(Cl)c3)C2)o1. The van der Waals surface area contributed by atoms with Crippen molar-refractivity contribution in [1.82, 2.24) is 14.6 Å². The number of aryl methyl sites for hydroxylation is 1. The van der Waals surface area contributed by atoms with Gasteiger partial charge in [-0.25, -0.2) is 18.1 Å². The van der Waals surface area contributed by atoms with Gasteiger partial charge in [0.15, 0.2) is 0 Å². The molecule has 1 saturated heterocycles. The number of carbonyl (C=O) groups excluding carboxylic acids is 1. The van der Waals surface area contributed by atoms with E-state index < -0.39 is 15.3 Å². The summed E-state index contributed by atoms with van der Waals surface area (Å²) < 4.78 is 33.0. The molecule has 0 saturated carbocycles. The van der Waals surface area contributed by atoms with E-state index in [4.69, 9.17) is 16.0 Å². The molecular weight excluding hydrogens is 378 g/mol. The number of likely N-dealkylation sites (tertiary alicyclic amines) is 1. The molecule has 1 N–H and O–H groups in total. The summed E-state index contributed by atoms with van der Waals surface area (Å²) in [6, 6.07) is 6.66. The van der Waals surface area contributed by atoms with Crippen LogP contribution in [0.15, 0.2) is 34.9 Å². The summed E-state index contributed by atoms with van der Waals surface area (Å²) in [6.07, 6.45) is 2.66. The predicted octanol–water partition coefficient (Wildman–Crippen LogP) is 2.36. The summed E-state index contributed by atoms with van der Waals surface area (Å²) in [5.41, 5.74) is 0.457. The predicted molar refractivity (Wildman–Crippen MR) is 97.4 cm³/mol. The maximum Gasteiger partial charge on any atom is 0.253 e. The highest BCUT2D eigenvalue weighted by atomic mass is 35.5. The first-order valence-electron chi connectivity index (χ1n) is 8.30. The van der Waals surface area contributed by atoms with Gasteiger partial charge in [0, 0.05) is 23.7 Å². The van der Waals surface area contributed by atoms with E-state index >= 15 is 0 Å². The molecule has 1 aromatic carbocycles. The van der Waals surface area contributed by atoms with Crippen molar-refractivity contribution in [3.63, 3.8) is 0 Å². The van der Waals surface area contributed by atoms with Gasteiger partial charge in [0.1, 0.15) is 5.76 Å². The van der Waals surface area contributed by atoms with Crippen molar-refractivity contribution in [3.8, 4) is 0 Å². The Kier molecular flexibility index (Phi) is 5.64. The fourth-order valence-electron chi connectivity index (χ4n) is 2.94. The molecule has 1 aliphatic heterocycles. The molecule has 1 amide bonds. The van der Waals surface area contributed by atoms with E-state index in [1.54, 1.807) is 36.1 Å². The van der Waals surface area contributed by atoms with Gasteiger partial charge in [-0.3, -0.25) is 4.79 Å².